The van der Waals surface area contributed by atoms with E-state index in [0.717, 1.165) is 6.07 Å². The lowest BCUT2D eigenvalue weighted by atomic mass is 10.2. The molecule has 0 aliphatic rings. The van der Waals surface area contributed by atoms with Crippen molar-refractivity contribution in [1.82, 2.24) is 4.98 Å². The van der Waals surface area contributed by atoms with Crippen molar-refractivity contribution < 1.29 is 32.4 Å². The Hall–Kier alpha value is -4.15. The molecule has 9 nitrogen and oxygen atoms in total. The van der Waals surface area contributed by atoms with Crippen LogP contribution in [0.2, 0.25) is 0 Å². The number of nitro groups is 1. The van der Waals surface area contributed by atoms with E-state index in [-0.39, 0.29) is 41.4 Å². The third-order valence-corrected chi connectivity index (χ3v) is 4.28. The molecule has 11 heteroatoms. The third-order valence-electron chi connectivity index (χ3n) is 4.28. The number of anilines is 1. The zero-order valence-electron chi connectivity index (χ0n) is 16.8. The van der Waals surface area contributed by atoms with Gasteiger partial charge in [0.25, 0.3) is 11.6 Å². The van der Waals surface area contributed by atoms with Crippen LogP contribution < -0.4 is 5.32 Å². The van der Waals surface area contributed by atoms with Crippen LogP contribution in [-0.2, 0) is 20.7 Å². The SMILES string of the molecule is Cc1ccc(NC(=O)COC(=O)CCc2ncc(-c3ccc(F)cc3F)o2)c([N+](=O)[O-])c1. The third kappa shape index (κ3) is 5.72. The molecule has 32 heavy (non-hydrogen) atoms. The molecule has 0 unspecified atom stereocenters. The summed E-state index contributed by atoms with van der Waals surface area (Å²) in [7, 11) is 0. The number of hydrogen-bond acceptors (Lipinski definition) is 7. The molecule has 0 aliphatic heterocycles. The van der Waals surface area contributed by atoms with Crippen LogP contribution in [0.3, 0.4) is 0 Å². The fourth-order valence-corrected chi connectivity index (χ4v) is 2.75. The number of amides is 1. The van der Waals surface area contributed by atoms with E-state index in [9.17, 15) is 28.5 Å². The van der Waals surface area contributed by atoms with Crippen molar-refractivity contribution in [3.05, 3.63) is 75.8 Å². The molecule has 0 atom stereocenters. The van der Waals surface area contributed by atoms with Crippen molar-refractivity contribution in [2.45, 2.75) is 19.8 Å². The second-order valence-electron chi connectivity index (χ2n) is 6.73. The number of esters is 1. The lowest BCUT2D eigenvalue weighted by Crippen LogP contribution is -2.21. The van der Waals surface area contributed by atoms with Gasteiger partial charge in [-0.2, -0.15) is 0 Å². The van der Waals surface area contributed by atoms with Crippen LogP contribution in [0, 0.1) is 28.7 Å². The van der Waals surface area contributed by atoms with Gasteiger partial charge in [-0.05, 0) is 30.7 Å². The summed E-state index contributed by atoms with van der Waals surface area (Å²) < 4.78 is 37.0. The Labute approximate surface area is 180 Å². The fourth-order valence-electron chi connectivity index (χ4n) is 2.75. The zero-order chi connectivity index (χ0) is 23.3. The largest absolute Gasteiger partial charge is 0.456 e. The minimum atomic E-state index is -0.813. The van der Waals surface area contributed by atoms with E-state index in [4.69, 9.17) is 9.15 Å². The summed E-state index contributed by atoms with van der Waals surface area (Å²) in [5.74, 6) is -2.81. The van der Waals surface area contributed by atoms with Gasteiger partial charge < -0.3 is 14.5 Å². The van der Waals surface area contributed by atoms with Gasteiger partial charge in [-0.1, -0.05) is 6.07 Å². The summed E-state index contributed by atoms with van der Waals surface area (Å²) in [6.45, 7) is 1.04. The lowest BCUT2D eigenvalue weighted by Gasteiger charge is -2.07. The van der Waals surface area contributed by atoms with Crippen molar-refractivity contribution in [2.24, 2.45) is 0 Å². The number of aromatic nitrogens is 1. The number of halogens is 2. The van der Waals surface area contributed by atoms with E-state index in [1.807, 2.05) is 0 Å². The average Bonchev–Trinajstić information content (AvgIpc) is 3.20. The molecular formula is C21H17F2N3O6. The van der Waals surface area contributed by atoms with Gasteiger partial charge in [-0.15, -0.1) is 0 Å². The highest BCUT2D eigenvalue weighted by Crippen LogP contribution is 2.26. The number of nitro benzene ring substituents is 1. The van der Waals surface area contributed by atoms with Gasteiger partial charge in [0.15, 0.2) is 18.3 Å². The Balaban J connectivity index is 1.49. The van der Waals surface area contributed by atoms with Crippen LogP contribution in [0.4, 0.5) is 20.2 Å². The molecule has 166 valence electrons. The highest BCUT2D eigenvalue weighted by Gasteiger charge is 2.17. The van der Waals surface area contributed by atoms with E-state index in [1.165, 1.54) is 24.4 Å². The number of ether oxygens (including phenoxy) is 1. The Kier molecular flexibility index (Phi) is 6.88. The molecule has 0 saturated heterocycles. The molecule has 1 N–H and O–H groups in total. The standard InChI is InChI=1S/C21H17F2N3O6/c1-12-2-5-16(17(8-12)26(29)30)25-19(27)11-31-21(28)7-6-20-24-10-18(32-20)14-4-3-13(22)9-15(14)23/h2-5,8-10H,6-7,11H2,1H3,(H,25,27). The van der Waals surface area contributed by atoms with Crippen molar-refractivity contribution in [1.29, 1.82) is 0 Å². The number of carbonyl (C=O) groups is 2. The first-order valence-electron chi connectivity index (χ1n) is 9.33. The van der Waals surface area contributed by atoms with Gasteiger partial charge >= 0.3 is 5.97 Å². The maximum Gasteiger partial charge on any atom is 0.306 e. The number of oxazole rings is 1. The summed E-state index contributed by atoms with van der Waals surface area (Å²) in [5, 5.41) is 13.4. The Bertz CT molecular complexity index is 1180. The van der Waals surface area contributed by atoms with Crippen LogP contribution in [0.25, 0.3) is 11.3 Å². The maximum absolute atomic E-state index is 13.8. The molecule has 0 radical (unpaired) electrons. The Morgan fingerprint density at radius 3 is 2.72 bits per heavy atom. The first-order chi connectivity index (χ1) is 15.2. The summed E-state index contributed by atoms with van der Waals surface area (Å²) in [4.78, 5) is 38.2. The minimum Gasteiger partial charge on any atom is -0.456 e. The highest BCUT2D eigenvalue weighted by molar-refractivity contribution is 5.94. The second-order valence-corrected chi connectivity index (χ2v) is 6.73. The molecule has 3 rings (SSSR count). The Morgan fingerprint density at radius 2 is 2.00 bits per heavy atom. The second kappa shape index (κ2) is 9.77. The van der Waals surface area contributed by atoms with Gasteiger partial charge in [0.1, 0.15) is 17.3 Å². The molecular weight excluding hydrogens is 428 g/mol. The van der Waals surface area contributed by atoms with E-state index in [0.29, 0.717) is 11.6 Å². The number of nitrogens with zero attached hydrogens (tertiary/aromatic N) is 2. The monoisotopic (exact) mass is 445 g/mol. The zero-order valence-corrected chi connectivity index (χ0v) is 16.8. The Morgan fingerprint density at radius 1 is 1.22 bits per heavy atom. The molecule has 0 saturated carbocycles. The molecule has 1 amide bonds. The van der Waals surface area contributed by atoms with Gasteiger partial charge in [0.2, 0.25) is 0 Å². The van der Waals surface area contributed by atoms with E-state index in [1.54, 1.807) is 13.0 Å². The molecule has 0 aliphatic carbocycles. The van der Waals surface area contributed by atoms with Gasteiger partial charge in [-0.3, -0.25) is 19.7 Å². The molecule has 3 aromatic rings. The van der Waals surface area contributed by atoms with E-state index < -0.39 is 35.0 Å². The quantitative estimate of drug-likeness (QED) is 0.316. The molecule has 0 spiro atoms. The van der Waals surface area contributed by atoms with Crippen LogP contribution >= 0.6 is 0 Å². The van der Waals surface area contributed by atoms with Gasteiger partial charge in [-0.25, -0.2) is 13.8 Å². The predicted molar refractivity (Wildman–Crippen MR) is 108 cm³/mol. The normalized spacial score (nSPS) is 10.6. The van der Waals surface area contributed by atoms with Crippen LogP contribution in [0.15, 0.2) is 47.0 Å². The number of rotatable bonds is 8. The number of benzene rings is 2. The number of nitrogens with one attached hydrogen (secondary N) is 1. The predicted octanol–water partition coefficient (Wildman–Crippen LogP) is 3.95. The van der Waals surface area contributed by atoms with E-state index >= 15 is 0 Å². The van der Waals surface area contributed by atoms with E-state index in [2.05, 4.69) is 10.3 Å². The summed E-state index contributed by atoms with van der Waals surface area (Å²) in [6, 6.07) is 7.29. The first kappa shape index (κ1) is 22.5. The molecule has 2 aromatic carbocycles. The van der Waals surface area contributed by atoms with Crippen molar-refractivity contribution in [2.75, 3.05) is 11.9 Å². The summed E-state index contributed by atoms with van der Waals surface area (Å²) in [6.07, 6.45) is 1.09. The van der Waals surface area contributed by atoms with Crippen molar-refractivity contribution >= 4 is 23.3 Å². The van der Waals surface area contributed by atoms with Gasteiger partial charge in [0, 0.05) is 18.6 Å². The molecule has 0 fully saturated rings. The summed E-state index contributed by atoms with van der Waals surface area (Å²) in [5.41, 5.74) is 0.386. The van der Waals surface area contributed by atoms with Crippen molar-refractivity contribution in [3.8, 4) is 11.3 Å². The van der Waals surface area contributed by atoms with Crippen LogP contribution in [0.5, 0.6) is 0 Å². The smallest absolute Gasteiger partial charge is 0.306 e. The summed E-state index contributed by atoms with van der Waals surface area (Å²) >= 11 is 0. The molecule has 1 aromatic heterocycles. The number of carbonyl (C=O) groups excluding carboxylic acids is 2. The maximum atomic E-state index is 13.8. The lowest BCUT2D eigenvalue weighted by molar-refractivity contribution is -0.384. The topological polar surface area (TPSA) is 125 Å². The minimum absolute atomic E-state index is 0.0120. The van der Waals surface area contributed by atoms with Crippen LogP contribution in [0.1, 0.15) is 17.9 Å². The van der Waals surface area contributed by atoms with Gasteiger partial charge in [0.05, 0.1) is 23.1 Å². The molecule has 1 heterocycles. The number of aryl methyl sites for hydroxylation is 2. The fraction of sp³-hybridized carbons (Fsp3) is 0.190. The van der Waals surface area contributed by atoms with Crippen LogP contribution in [-0.4, -0.2) is 28.4 Å². The average molecular weight is 445 g/mol. The number of hydrogen-bond donors (Lipinski definition) is 1. The van der Waals surface area contributed by atoms with Crippen molar-refractivity contribution in [3.63, 3.8) is 0 Å². The molecule has 0 bridgehead atoms. The highest BCUT2D eigenvalue weighted by atomic mass is 19.1. The first-order valence-corrected chi connectivity index (χ1v) is 9.33.